The fraction of sp³-hybridized carbons (Fsp3) is 0.560. The summed E-state index contributed by atoms with van der Waals surface area (Å²) in [6.45, 7) is 19.4. The van der Waals surface area contributed by atoms with Crippen LogP contribution in [0.5, 0.6) is 0 Å². The summed E-state index contributed by atoms with van der Waals surface area (Å²) < 4.78 is 0. The predicted molar refractivity (Wildman–Crippen MR) is 117 cm³/mol. The zero-order chi connectivity index (χ0) is 19.2. The zero-order valence-corrected chi connectivity index (χ0v) is 17.9. The molecule has 0 nitrogen and oxygen atoms in total. The predicted octanol–water partition coefficient (Wildman–Crippen LogP) is 8.55. The van der Waals surface area contributed by atoms with E-state index in [0.29, 0.717) is 5.92 Å². The van der Waals surface area contributed by atoms with Crippen LogP contribution in [-0.2, 0) is 0 Å². The summed E-state index contributed by atoms with van der Waals surface area (Å²) in [5.41, 5.74) is 7.23. The maximum Gasteiger partial charge on any atom is -0.0159 e. The molecular weight excluding hydrogens is 300 g/mol. The van der Waals surface area contributed by atoms with E-state index in [1.165, 1.54) is 34.3 Å². The van der Waals surface area contributed by atoms with Crippen molar-refractivity contribution in [1.29, 1.82) is 0 Å². The first-order chi connectivity index (χ1) is 11.7. The molecule has 0 saturated heterocycles. The minimum atomic E-state index is 0.586. The monoisotopic (exact) mass is 341 g/mol. The van der Waals surface area contributed by atoms with E-state index < -0.39 is 0 Å². The van der Waals surface area contributed by atoms with Crippen molar-refractivity contribution < 1.29 is 0 Å². The Labute approximate surface area is 158 Å². The van der Waals surface area contributed by atoms with Gasteiger partial charge in [0.2, 0.25) is 0 Å². The summed E-state index contributed by atoms with van der Waals surface area (Å²) in [7, 11) is 0. The minimum Gasteiger partial charge on any atom is -0.0856 e. The third-order valence-electron chi connectivity index (χ3n) is 4.40. The van der Waals surface area contributed by atoms with Crippen LogP contribution in [-0.4, -0.2) is 0 Å². The van der Waals surface area contributed by atoms with E-state index in [0.717, 1.165) is 32.1 Å². The zero-order valence-electron chi connectivity index (χ0n) is 17.9. The van der Waals surface area contributed by atoms with Crippen molar-refractivity contribution in [3.63, 3.8) is 0 Å². The fourth-order valence-corrected chi connectivity index (χ4v) is 2.82. The van der Waals surface area contributed by atoms with E-state index >= 15 is 0 Å². The van der Waals surface area contributed by atoms with E-state index in [2.05, 4.69) is 79.7 Å². The van der Waals surface area contributed by atoms with Gasteiger partial charge in [-0.05, 0) is 99.8 Å². The summed E-state index contributed by atoms with van der Waals surface area (Å²) in [5.74, 6) is 0.586. The van der Waals surface area contributed by atoms with Crippen molar-refractivity contribution in [3.8, 4) is 0 Å². The van der Waals surface area contributed by atoms with E-state index in [9.17, 15) is 0 Å². The van der Waals surface area contributed by atoms with Gasteiger partial charge in [0.25, 0.3) is 0 Å². The van der Waals surface area contributed by atoms with Crippen LogP contribution in [0.3, 0.4) is 0 Å². The molecule has 0 aromatic heterocycles. The van der Waals surface area contributed by atoms with Crippen LogP contribution in [0.15, 0.2) is 58.2 Å². The first-order valence-electron chi connectivity index (χ1n) is 9.79. The standard InChI is InChI=1S/C25H41/c1-9-22(6)18-25(19-24(8)15-11-13-21(4)5)17-16-23(7)14-10-12-20(2)3/h9,12-13,16,19,25H,1,10-11,14-15,17-18H2,2-8H3/b22-9?,23-16+,24-19+. The van der Waals surface area contributed by atoms with E-state index in [-0.39, 0.29) is 0 Å². The van der Waals surface area contributed by atoms with Gasteiger partial charge < -0.3 is 0 Å². The van der Waals surface area contributed by atoms with E-state index in [1.807, 2.05) is 6.08 Å². The molecule has 0 rings (SSSR count). The molecule has 1 radical (unpaired) electrons. The molecule has 0 aliphatic heterocycles. The van der Waals surface area contributed by atoms with Crippen LogP contribution >= 0.6 is 0 Å². The SMILES string of the molecule is [CH2]C=C(C)CC(/C=C(\C)CCC=C(C)C)C/C=C(\C)CCC=C(C)C. The average Bonchev–Trinajstić information content (AvgIpc) is 2.51. The Morgan fingerprint density at radius 3 is 1.72 bits per heavy atom. The van der Waals surface area contributed by atoms with Gasteiger partial charge in [0.15, 0.2) is 0 Å². The third kappa shape index (κ3) is 14.7. The van der Waals surface area contributed by atoms with Crippen LogP contribution < -0.4 is 0 Å². The molecular formula is C25H41. The van der Waals surface area contributed by atoms with Gasteiger partial charge >= 0.3 is 0 Å². The molecule has 0 spiro atoms. The Morgan fingerprint density at radius 1 is 0.720 bits per heavy atom. The summed E-state index contributed by atoms with van der Waals surface area (Å²) in [5, 5.41) is 0. The van der Waals surface area contributed by atoms with Gasteiger partial charge in [0, 0.05) is 0 Å². The lowest BCUT2D eigenvalue weighted by Crippen LogP contribution is -1.98. The average molecular weight is 342 g/mol. The lowest BCUT2D eigenvalue weighted by atomic mass is 9.92. The molecule has 0 heteroatoms. The van der Waals surface area contributed by atoms with Crippen molar-refractivity contribution in [2.75, 3.05) is 0 Å². The topological polar surface area (TPSA) is 0 Å². The van der Waals surface area contributed by atoms with Gasteiger partial charge in [-0.2, -0.15) is 0 Å². The van der Waals surface area contributed by atoms with Gasteiger partial charge in [0.1, 0.15) is 0 Å². The van der Waals surface area contributed by atoms with Crippen molar-refractivity contribution in [2.45, 2.75) is 87.0 Å². The highest BCUT2D eigenvalue weighted by Crippen LogP contribution is 2.22. The second-order valence-electron chi connectivity index (χ2n) is 7.95. The van der Waals surface area contributed by atoms with Gasteiger partial charge in [-0.1, -0.05) is 58.2 Å². The summed E-state index contributed by atoms with van der Waals surface area (Å²) >= 11 is 0. The highest BCUT2D eigenvalue weighted by atomic mass is 14.1. The molecule has 0 bridgehead atoms. The lowest BCUT2D eigenvalue weighted by molar-refractivity contribution is 0.642. The summed E-state index contributed by atoms with van der Waals surface area (Å²) in [6.07, 6.45) is 18.5. The largest absolute Gasteiger partial charge is 0.0856 e. The third-order valence-corrected chi connectivity index (χ3v) is 4.40. The van der Waals surface area contributed by atoms with Gasteiger partial charge in [-0.25, -0.2) is 0 Å². The quantitative estimate of drug-likeness (QED) is 0.330. The molecule has 1 unspecified atom stereocenters. The molecule has 0 aromatic rings. The van der Waals surface area contributed by atoms with Gasteiger partial charge in [-0.15, -0.1) is 0 Å². The fourth-order valence-electron chi connectivity index (χ4n) is 2.82. The van der Waals surface area contributed by atoms with Crippen molar-refractivity contribution in [1.82, 2.24) is 0 Å². The van der Waals surface area contributed by atoms with Crippen molar-refractivity contribution in [3.05, 3.63) is 65.2 Å². The van der Waals surface area contributed by atoms with E-state index in [4.69, 9.17) is 0 Å². The van der Waals surface area contributed by atoms with Crippen LogP contribution in [0, 0.1) is 12.8 Å². The Bertz CT molecular complexity index is 512. The van der Waals surface area contributed by atoms with Gasteiger partial charge in [0.05, 0.1) is 0 Å². The van der Waals surface area contributed by atoms with E-state index in [1.54, 1.807) is 0 Å². The molecule has 1 atom stereocenters. The number of hydrogen-bond donors (Lipinski definition) is 0. The Kier molecular flexibility index (Phi) is 13.2. The van der Waals surface area contributed by atoms with Crippen molar-refractivity contribution >= 4 is 0 Å². The molecule has 0 aliphatic rings. The summed E-state index contributed by atoms with van der Waals surface area (Å²) in [6, 6.07) is 0. The first-order valence-corrected chi connectivity index (χ1v) is 9.79. The van der Waals surface area contributed by atoms with Crippen LogP contribution in [0.4, 0.5) is 0 Å². The smallest absolute Gasteiger partial charge is 0.0159 e. The molecule has 0 aliphatic carbocycles. The number of allylic oxidation sites excluding steroid dienone is 10. The molecule has 0 aromatic carbocycles. The summed E-state index contributed by atoms with van der Waals surface area (Å²) in [4.78, 5) is 0. The molecule has 0 heterocycles. The van der Waals surface area contributed by atoms with Gasteiger partial charge in [-0.3, -0.25) is 0 Å². The number of hydrogen-bond acceptors (Lipinski definition) is 0. The molecule has 0 N–H and O–H groups in total. The maximum atomic E-state index is 3.93. The molecule has 25 heavy (non-hydrogen) atoms. The minimum absolute atomic E-state index is 0.586. The van der Waals surface area contributed by atoms with Crippen molar-refractivity contribution in [2.24, 2.45) is 5.92 Å². The maximum absolute atomic E-state index is 3.93. The van der Waals surface area contributed by atoms with Crippen LogP contribution in [0.1, 0.15) is 87.0 Å². The Balaban J connectivity index is 4.81. The molecule has 0 fully saturated rings. The van der Waals surface area contributed by atoms with Crippen LogP contribution in [0.2, 0.25) is 0 Å². The highest BCUT2D eigenvalue weighted by molar-refractivity contribution is 5.12. The highest BCUT2D eigenvalue weighted by Gasteiger charge is 2.06. The second kappa shape index (κ2) is 13.9. The molecule has 0 amide bonds. The normalized spacial score (nSPS) is 14.3. The Hall–Kier alpha value is -1.30. The Morgan fingerprint density at radius 2 is 1.24 bits per heavy atom. The van der Waals surface area contributed by atoms with Crippen LogP contribution in [0.25, 0.3) is 0 Å². The first kappa shape index (κ1) is 23.7. The molecule has 141 valence electrons. The second-order valence-corrected chi connectivity index (χ2v) is 7.95. The lowest BCUT2D eigenvalue weighted by Gasteiger charge is -2.14. The number of rotatable bonds is 11. The molecule has 0 saturated carbocycles.